The highest BCUT2D eigenvalue weighted by atomic mass is 19.2. The fourth-order valence-electron chi connectivity index (χ4n) is 3.06. The molecule has 0 nitrogen and oxygen atoms in total. The van der Waals surface area contributed by atoms with Crippen LogP contribution in [0.25, 0.3) is 22.3 Å². The molecule has 0 N–H and O–H groups in total. The Kier molecular flexibility index (Phi) is 5.77. The molecule has 0 saturated carbocycles. The summed E-state index contributed by atoms with van der Waals surface area (Å²) in [7, 11) is 0. The number of rotatable bonds is 5. The molecule has 0 atom stereocenters. The smallest absolute Gasteiger partial charge is 0.167 e. The van der Waals surface area contributed by atoms with Crippen molar-refractivity contribution in [1.82, 2.24) is 0 Å². The van der Waals surface area contributed by atoms with Crippen molar-refractivity contribution >= 4 is 0 Å². The maximum Gasteiger partial charge on any atom is 0.167 e. The Balaban J connectivity index is 2.08. The van der Waals surface area contributed by atoms with Crippen molar-refractivity contribution in [3.63, 3.8) is 0 Å². The van der Waals surface area contributed by atoms with Gasteiger partial charge >= 0.3 is 0 Å². The van der Waals surface area contributed by atoms with Crippen LogP contribution in [0, 0.1) is 29.1 Å². The van der Waals surface area contributed by atoms with Gasteiger partial charge in [0.2, 0.25) is 0 Å². The first-order valence-electron chi connectivity index (χ1n) is 8.68. The number of hydrogen-bond acceptors (Lipinski definition) is 0. The lowest BCUT2D eigenvalue weighted by Gasteiger charge is -2.12. The molecule has 0 fully saturated rings. The lowest BCUT2D eigenvalue weighted by Crippen LogP contribution is -1.99. The minimum atomic E-state index is -1.38. The SMILES string of the molecule is CCCc1cc(F)c(-c2ccc(-c3ccc(CF)c(F)c3)c(F)c2F)cc1F. The van der Waals surface area contributed by atoms with Crippen LogP contribution < -0.4 is 0 Å². The summed E-state index contributed by atoms with van der Waals surface area (Å²) in [5.41, 5.74) is -1.16. The first kappa shape index (κ1) is 20.0. The van der Waals surface area contributed by atoms with Gasteiger partial charge in [0.15, 0.2) is 11.6 Å². The Hall–Kier alpha value is -2.76. The van der Waals surface area contributed by atoms with Gasteiger partial charge in [0, 0.05) is 22.3 Å². The molecule has 0 heterocycles. The number of aryl methyl sites for hydroxylation is 1. The maximum atomic E-state index is 14.6. The third-order valence-corrected chi connectivity index (χ3v) is 4.54. The first-order valence-corrected chi connectivity index (χ1v) is 8.68. The number of hydrogen-bond donors (Lipinski definition) is 0. The van der Waals surface area contributed by atoms with Crippen molar-refractivity contribution in [3.05, 3.63) is 82.7 Å². The standard InChI is InChI=1S/C22H16F6/c1-2-3-13-9-20(26)17(10-19(13)25)16-7-6-15(21(27)22(16)28)12-4-5-14(11-23)18(24)8-12/h4-10H,2-3,11H2,1H3. The second-order valence-corrected chi connectivity index (χ2v) is 6.40. The predicted molar refractivity (Wildman–Crippen MR) is 95.9 cm³/mol. The second kappa shape index (κ2) is 8.09. The van der Waals surface area contributed by atoms with Crippen molar-refractivity contribution in [3.8, 4) is 22.3 Å². The Morgan fingerprint density at radius 2 is 1.29 bits per heavy atom. The molecule has 0 saturated heterocycles. The second-order valence-electron chi connectivity index (χ2n) is 6.40. The molecule has 3 rings (SSSR count). The van der Waals surface area contributed by atoms with E-state index in [0.717, 1.165) is 36.4 Å². The third kappa shape index (κ3) is 3.63. The fourth-order valence-corrected chi connectivity index (χ4v) is 3.06. The van der Waals surface area contributed by atoms with Gasteiger partial charge in [-0.1, -0.05) is 37.6 Å². The van der Waals surface area contributed by atoms with Gasteiger partial charge in [-0.3, -0.25) is 0 Å². The summed E-state index contributed by atoms with van der Waals surface area (Å²) >= 11 is 0. The van der Waals surface area contributed by atoms with Crippen LogP contribution >= 0.6 is 0 Å². The van der Waals surface area contributed by atoms with Gasteiger partial charge in [-0.2, -0.15) is 0 Å². The van der Waals surface area contributed by atoms with E-state index < -0.39 is 46.9 Å². The van der Waals surface area contributed by atoms with E-state index in [9.17, 15) is 26.3 Å². The van der Waals surface area contributed by atoms with Crippen LogP contribution in [0.3, 0.4) is 0 Å². The summed E-state index contributed by atoms with van der Waals surface area (Å²) in [5, 5.41) is 0. The Morgan fingerprint density at radius 1 is 0.643 bits per heavy atom. The average molecular weight is 394 g/mol. The summed E-state index contributed by atoms with van der Waals surface area (Å²) in [5.74, 6) is -5.17. The highest BCUT2D eigenvalue weighted by Gasteiger charge is 2.20. The van der Waals surface area contributed by atoms with E-state index in [-0.39, 0.29) is 22.3 Å². The van der Waals surface area contributed by atoms with Crippen molar-refractivity contribution in [2.75, 3.05) is 0 Å². The van der Waals surface area contributed by atoms with Gasteiger partial charge in [-0.15, -0.1) is 0 Å². The summed E-state index contributed by atoms with van der Waals surface area (Å²) in [6.07, 6.45) is 0.921. The number of benzene rings is 3. The first-order chi connectivity index (χ1) is 13.4. The van der Waals surface area contributed by atoms with E-state index >= 15 is 0 Å². The van der Waals surface area contributed by atoms with E-state index in [2.05, 4.69) is 0 Å². The van der Waals surface area contributed by atoms with Gasteiger partial charge in [-0.05, 0) is 35.7 Å². The van der Waals surface area contributed by atoms with Crippen molar-refractivity contribution in [2.45, 2.75) is 26.4 Å². The van der Waals surface area contributed by atoms with Crippen LogP contribution in [0.1, 0.15) is 24.5 Å². The Morgan fingerprint density at radius 3 is 1.93 bits per heavy atom. The summed E-state index contributed by atoms with van der Waals surface area (Å²) in [6, 6.07) is 7.36. The molecule has 0 aliphatic heterocycles. The molecule has 28 heavy (non-hydrogen) atoms. The van der Waals surface area contributed by atoms with Crippen molar-refractivity contribution in [2.24, 2.45) is 0 Å². The minimum Gasteiger partial charge on any atom is -0.246 e. The molecule has 146 valence electrons. The summed E-state index contributed by atoms with van der Waals surface area (Å²) in [6.45, 7) is 0.780. The average Bonchev–Trinajstić information content (AvgIpc) is 2.67. The van der Waals surface area contributed by atoms with Crippen molar-refractivity contribution < 1.29 is 26.3 Å². The highest BCUT2D eigenvalue weighted by molar-refractivity contribution is 5.72. The molecule has 0 aromatic heterocycles. The molecule has 0 aliphatic carbocycles. The van der Waals surface area contributed by atoms with Gasteiger partial charge in [0.05, 0.1) is 0 Å². The van der Waals surface area contributed by atoms with E-state index in [1.807, 2.05) is 6.92 Å². The molecule has 0 unspecified atom stereocenters. The molecule has 0 spiro atoms. The molecule has 0 amide bonds. The molecule has 3 aromatic carbocycles. The Labute approximate surface area is 158 Å². The topological polar surface area (TPSA) is 0 Å². The van der Waals surface area contributed by atoms with Gasteiger partial charge in [0.1, 0.15) is 24.1 Å². The van der Waals surface area contributed by atoms with Gasteiger partial charge in [0.25, 0.3) is 0 Å². The van der Waals surface area contributed by atoms with Crippen LogP contribution in [0.2, 0.25) is 0 Å². The minimum absolute atomic E-state index is 0.00240. The Bertz CT molecular complexity index is 1030. The van der Waals surface area contributed by atoms with E-state index in [0.29, 0.717) is 12.8 Å². The van der Waals surface area contributed by atoms with E-state index in [1.54, 1.807) is 0 Å². The normalized spacial score (nSPS) is 11.1. The number of halogens is 6. The predicted octanol–water partition coefficient (Wildman–Crippen LogP) is 7.14. The lowest BCUT2D eigenvalue weighted by atomic mass is 9.96. The summed E-state index contributed by atoms with van der Waals surface area (Å²) < 4.78 is 84.1. The molecule has 6 heteroatoms. The van der Waals surface area contributed by atoms with Crippen LogP contribution in [0.5, 0.6) is 0 Å². The summed E-state index contributed by atoms with van der Waals surface area (Å²) in [4.78, 5) is 0. The quantitative estimate of drug-likeness (QED) is 0.404. The van der Waals surface area contributed by atoms with Gasteiger partial charge in [-0.25, -0.2) is 26.3 Å². The lowest BCUT2D eigenvalue weighted by molar-refractivity contribution is 0.464. The molecule has 3 aromatic rings. The van der Waals surface area contributed by atoms with Crippen LogP contribution in [-0.2, 0) is 13.1 Å². The van der Waals surface area contributed by atoms with Crippen molar-refractivity contribution in [1.29, 1.82) is 0 Å². The van der Waals surface area contributed by atoms with Crippen LogP contribution in [-0.4, -0.2) is 0 Å². The van der Waals surface area contributed by atoms with Gasteiger partial charge < -0.3 is 0 Å². The molecule has 0 aliphatic rings. The molecule has 0 radical (unpaired) electrons. The zero-order valence-corrected chi connectivity index (χ0v) is 14.9. The van der Waals surface area contributed by atoms with E-state index in [1.165, 1.54) is 6.07 Å². The molecular weight excluding hydrogens is 378 g/mol. The van der Waals surface area contributed by atoms with Crippen LogP contribution in [0.15, 0.2) is 42.5 Å². The highest BCUT2D eigenvalue weighted by Crippen LogP contribution is 2.34. The van der Waals surface area contributed by atoms with Crippen LogP contribution in [0.4, 0.5) is 26.3 Å². The zero-order valence-electron chi connectivity index (χ0n) is 14.9. The molecule has 0 bridgehead atoms. The van der Waals surface area contributed by atoms with E-state index in [4.69, 9.17) is 0 Å². The monoisotopic (exact) mass is 394 g/mol. The number of alkyl halides is 1. The third-order valence-electron chi connectivity index (χ3n) is 4.54. The fraction of sp³-hybridized carbons (Fsp3) is 0.182. The zero-order chi connectivity index (χ0) is 20.4. The maximum absolute atomic E-state index is 14.6. The largest absolute Gasteiger partial charge is 0.246 e. The molecular formula is C22H16F6.